The minimum atomic E-state index is -3.83. The zero-order valence-corrected chi connectivity index (χ0v) is 19.2. The van der Waals surface area contributed by atoms with Gasteiger partial charge in [-0.25, -0.2) is 18.5 Å². The maximum atomic E-state index is 12.4. The van der Waals surface area contributed by atoms with Crippen molar-refractivity contribution in [1.82, 2.24) is 9.55 Å². The number of hydrogen-bond acceptors (Lipinski definition) is 5. The number of thioether (sulfide) groups is 1. The fourth-order valence-electron chi connectivity index (χ4n) is 2.83. The predicted molar refractivity (Wildman–Crippen MR) is 122 cm³/mol. The van der Waals surface area contributed by atoms with Crippen LogP contribution in [0.25, 0.3) is 11.0 Å². The molecular formula is C19H20Cl2N4O3S2. The molecule has 0 spiro atoms. The number of aromatic nitrogens is 2. The van der Waals surface area contributed by atoms with Crippen LogP contribution < -0.4 is 10.5 Å². The van der Waals surface area contributed by atoms with E-state index in [0.29, 0.717) is 33.0 Å². The number of nitrogens with zero attached hydrogens (tertiary/aromatic N) is 2. The van der Waals surface area contributed by atoms with Crippen LogP contribution in [0.4, 0.5) is 5.69 Å². The predicted octanol–water partition coefficient (Wildman–Crippen LogP) is 4.52. The molecule has 11 heteroatoms. The van der Waals surface area contributed by atoms with Crippen LogP contribution in [-0.2, 0) is 21.4 Å². The lowest BCUT2D eigenvalue weighted by atomic mass is 10.3. The fraction of sp³-hybridized carbons (Fsp3) is 0.263. The van der Waals surface area contributed by atoms with Crippen LogP contribution in [-0.4, -0.2) is 29.6 Å². The van der Waals surface area contributed by atoms with Crippen molar-refractivity contribution in [3.8, 4) is 0 Å². The highest BCUT2D eigenvalue weighted by Crippen LogP contribution is 2.31. The summed E-state index contributed by atoms with van der Waals surface area (Å²) in [6.07, 6.45) is 1.89. The Kier molecular flexibility index (Phi) is 7.30. The SMILES string of the molecule is CCCCn1c(SCC(=O)Nc2c(Cl)cccc2Cl)nc2cc(S(N)(=O)=O)ccc21. The molecule has 0 atom stereocenters. The molecule has 3 N–H and O–H groups in total. The zero-order valence-electron chi connectivity index (χ0n) is 16.1. The van der Waals surface area contributed by atoms with E-state index < -0.39 is 10.0 Å². The van der Waals surface area contributed by atoms with E-state index in [2.05, 4.69) is 17.2 Å². The van der Waals surface area contributed by atoms with Gasteiger partial charge in [-0.05, 0) is 36.8 Å². The van der Waals surface area contributed by atoms with Crippen LogP contribution >= 0.6 is 35.0 Å². The largest absolute Gasteiger partial charge is 0.323 e. The van der Waals surface area contributed by atoms with Gasteiger partial charge in [0.05, 0.1) is 37.4 Å². The second-order valence-corrected chi connectivity index (χ2v) is 9.85. The van der Waals surface area contributed by atoms with Gasteiger partial charge < -0.3 is 9.88 Å². The molecule has 0 bridgehead atoms. The molecule has 0 fully saturated rings. The van der Waals surface area contributed by atoms with Crippen LogP contribution in [0.1, 0.15) is 19.8 Å². The zero-order chi connectivity index (χ0) is 21.9. The number of imidazole rings is 1. The van der Waals surface area contributed by atoms with Gasteiger partial charge in [0.2, 0.25) is 15.9 Å². The highest BCUT2D eigenvalue weighted by molar-refractivity contribution is 7.99. The van der Waals surface area contributed by atoms with Crippen molar-refractivity contribution in [1.29, 1.82) is 0 Å². The summed E-state index contributed by atoms with van der Waals surface area (Å²) in [4.78, 5) is 17.0. The van der Waals surface area contributed by atoms with E-state index >= 15 is 0 Å². The number of benzene rings is 2. The third kappa shape index (κ3) is 5.28. The number of primary sulfonamides is 1. The van der Waals surface area contributed by atoms with Crippen molar-refractivity contribution in [2.45, 2.75) is 36.4 Å². The smallest absolute Gasteiger partial charge is 0.238 e. The van der Waals surface area contributed by atoms with E-state index in [1.165, 1.54) is 23.9 Å². The number of para-hydroxylation sites is 1. The Hall–Kier alpha value is -1.78. The molecule has 0 aliphatic carbocycles. The molecule has 0 unspecified atom stereocenters. The number of unbranched alkanes of at least 4 members (excludes halogenated alkanes) is 1. The van der Waals surface area contributed by atoms with Crippen molar-refractivity contribution in [2.75, 3.05) is 11.1 Å². The number of hydrogen-bond donors (Lipinski definition) is 2. The molecule has 160 valence electrons. The summed E-state index contributed by atoms with van der Waals surface area (Å²) in [7, 11) is -3.83. The average molecular weight is 487 g/mol. The number of aryl methyl sites for hydroxylation is 1. The van der Waals surface area contributed by atoms with Gasteiger partial charge in [0.15, 0.2) is 5.16 Å². The van der Waals surface area contributed by atoms with Gasteiger partial charge in [-0.3, -0.25) is 4.79 Å². The van der Waals surface area contributed by atoms with Crippen LogP contribution in [0, 0.1) is 0 Å². The summed E-state index contributed by atoms with van der Waals surface area (Å²) < 4.78 is 25.3. The van der Waals surface area contributed by atoms with Gasteiger partial charge in [0.25, 0.3) is 0 Å². The molecule has 3 rings (SSSR count). The van der Waals surface area contributed by atoms with E-state index in [1.54, 1.807) is 24.3 Å². The molecule has 3 aromatic rings. The third-order valence-corrected chi connectivity index (χ3v) is 6.83. The summed E-state index contributed by atoms with van der Waals surface area (Å²) in [5.41, 5.74) is 1.66. The van der Waals surface area contributed by atoms with Crippen molar-refractivity contribution in [2.24, 2.45) is 5.14 Å². The molecule has 0 radical (unpaired) electrons. The number of sulfonamides is 1. The first-order valence-corrected chi connectivity index (χ1v) is 12.4. The Bertz CT molecular complexity index is 1180. The molecule has 1 aromatic heterocycles. The minimum absolute atomic E-state index is 0.00204. The molecule has 1 heterocycles. The monoisotopic (exact) mass is 486 g/mol. The van der Waals surface area contributed by atoms with E-state index in [1.807, 2.05) is 4.57 Å². The number of rotatable bonds is 8. The molecule has 30 heavy (non-hydrogen) atoms. The standard InChI is InChI=1S/C19H20Cl2N4O3S2/c1-2-3-9-25-16-8-7-12(30(22,27)28)10-15(16)23-19(25)29-11-17(26)24-18-13(20)5-4-6-14(18)21/h4-8,10H,2-3,9,11H2,1H3,(H,24,26)(H2,22,27,28). The lowest BCUT2D eigenvalue weighted by molar-refractivity contribution is -0.113. The molecule has 7 nitrogen and oxygen atoms in total. The van der Waals surface area contributed by atoms with Crippen molar-refractivity contribution < 1.29 is 13.2 Å². The molecule has 1 amide bonds. The Morgan fingerprint density at radius 3 is 2.57 bits per heavy atom. The minimum Gasteiger partial charge on any atom is -0.323 e. The summed E-state index contributed by atoms with van der Waals surface area (Å²) in [6, 6.07) is 9.57. The summed E-state index contributed by atoms with van der Waals surface area (Å²) in [5.74, 6) is -0.201. The maximum Gasteiger partial charge on any atom is 0.238 e. The highest BCUT2D eigenvalue weighted by Gasteiger charge is 2.17. The van der Waals surface area contributed by atoms with Crippen LogP contribution in [0.2, 0.25) is 10.0 Å². The quantitative estimate of drug-likeness (QED) is 0.455. The molecule has 2 aromatic carbocycles. The number of fused-ring (bicyclic) bond motifs is 1. The first-order chi connectivity index (χ1) is 14.2. The topological polar surface area (TPSA) is 107 Å². The van der Waals surface area contributed by atoms with Crippen LogP contribution in [0.5, 0.6) is 0 Å². The maximum absolute atomic E-state index is 12.4. The fourth-order valence-corrected chi connectivity index (χ4v) is 4.70. The number of carbonyl (C=O) groups excluding carboxylic acids is 1. The van der Waals surface area contributed by atoms with E-state index in [9.17, 15) is 13.2 Å². The molecule has 0 saturated heterocycles. The van der Waals surface area contributed by atoms with Crippen LogP contribution in [0.15, 0.2) is 46.5 Å². The molecule has 0 aliphatic rings. The second kappa shape index (κ2) is 9.57. The van der Waals surface area contributed by atoms with Crippen molar-refractivity contribution >= 4 is 67.6 Å². The van der Waals surface area contributed by atoms with E-state index in [4.69, 9.17) is 28.3 Å². The average Bonchev–Trinajstić information content (AvgIpc) is 3.03. The van der Waals surface area contributed by atoms with Gasteiger partial charge in [-0.15, -0.1) is 0 Å². The van der Waals surface area contributed by atoms with Crippen molar-refractivity contribution in [3.05, 3.63) is 46.4 Å². The lowest BCUT2D eigenvalue weighted by Crippen LogP contribution is -2.15. The molecule has 0 aliphatic heterocycles. The summed E-state index contributed by atoms with van der Waals surface area (Å²) >= 11 is 13.4. The van der Waals surface area contributed by atoms with Gasteiger partial charge >= 0.3 is 0 Å². The second-order valence-electron chi connectivity index (χ2n) is 6.53. The number of anilines is 1. The Labute approximate surface area is 189 Å². The Morgan fingerprint density at radius 1 is 1.23 bits per heavy atom. The lowest BCUT2D eigenvalue weighted by Gasteiger charge is -2.10. The summed E-state index contributed by atoms with van der Waals surface area (Å²) in [5, 5.41) is 9.27. The Balaban J connectivity index is 1.84. The summed E-state index contributed by atoms with van der Waals surface area (Å²) in [6.45, 7) is 2.77. The number of nitrogens with two attached hydrogens (primary N) is 1. The number of amides is 1. The van der Waals surface area contributed by atoms with Crippen molar-refractivity contribution in [3.63, 3.8) is 0 Å². The number of halogens is 2. The van der Waals surface area contributed by atoms with Gasteiger partial charge in [-0.2, -0.15) is 0 Å². The normalized spacial score (nSPS) is 11.7. The first-order valence-electron chi connectivity index (χ1n) is 9.10. The third-order valence-electron chi connectivity index (χ3n) is 4.31. The van der Waals surface area contributed by atoms with E-state index in [-0.39, 0.29) is 16.6 Å². The van der Waals surface area contributed by atoms with Gasteiger partial charge in [0, 0.05) is 6.54 Å². The van der Waals surface area contributed by atoms with Gasteiger partial charge in [-0.1, -0.05) is 54.4 Å². The highest BCUT2D eigenvalue weighted by atomic mass is 35.5. The molecular weight excluding hydrogens is 467 g/mol. The number of carbonyl (C=O) groups is 1. The number of nitrogens with one attached hydrogen (secondary N) is 1. The Morgan fingerprint density at radius 2 is 1.93 bits per heavy atom. The first kappa shape index (κ1) is 22.9. The van der Waals surface area contributed by atoms with E-state index in [0.717, 1.165) is 18.4 Å². The molecule has 0 saturated carbocycles. The van der Waals surface area contributed by atoms with Crippen LogP contribution in [0.3, 0.4) is 0 Å². The van der Waals surface area contributed by atoms with Gasteiger partial charge in [0.1, 0.15) is 0 Å².